The van der Waals surface area contributed by atoms with Crippen LogP contribution in [0.25, 0.3) is 0 Å². The number of thioether (sulfide) groups is 1. The molecule has 0 atom stereocenters. The average molecular weight is 370 g/mol. The lowest BCUT2D eigenvalue weighted by atomic mass is 10.2. The van der Waals surface area contributed by atoms with Gasteiger partial charge in [0.25, 0.3) is 0 Å². The zero-order chi connectivity index (χ0) is 14.9. The molecule has 2 rings (SSSR count). The van der Waals surface area contributed by atoms with Gasteiger partial charge >= 0.3 is 0 Å². The predicted molar refractivity (Wildman–Crippen MR) is 85.8 cm³/mol. The van der Waals surface area contributed by atoms with Crippen molar-refractivity contribution in [3.8, 4) is 11.5 Å². The van der Waals surface area contributed by atoms with Crippen molar-refractivity contribution >= 4 is 58.2 Å². The molecule has 0 aliphatic carbocycles. The molecule has 2 aromatic rings. The molecule has 0 saturated heterocycles. The van der Waals surface area contributed by atoms with E-state index in [4.69, 9.17) is 46.4 Å². The van der Waals surface area contributed by atoms with Crippen molar-refractivity contribution < 1.29 is 10.2 Å². The van der Waals surface area contributed by atoms with Gasteiger partial charge in [0, 0.05) is 21.4 Å². The highest BCUT2D eigenvalue weighted by atomic mass is 35.5. The fraction of sp³-hybridized carbons (Fsp3) is 0.0769. The van der Waals surface area contributed by atoms with E-state index in [1.807, 2.05) is 0 Å². The summed E-state index contributed by atoms with van der Waals surface area (Å²) >= 11 is 24.7. The van der Waals surface area contributed by atoms with Crippen LogP contribution in [0.4, 0.5) is 0 Å². The van der Waals surface area contributed by atoms with Crippen LogP contribution < -0.4 is 0 Å². The molecule has 2 nitrogen and oxygen atoms in total. The lowest BCUT2D eigenvalue weighted by Gasteiger charge is -2.09. The third kappa shape index (κ3) is 3.60. The summed E-state index contributed by atoms with van der Waals surface area (Å²) in [4.78, 5) is 0.512. The lowest BCUT2D eigenvalue weighted by Crippen LogP contribution is -1.85. The number of rotatable bonds is 3. The number of halogens is 4. The van der Waals surface area contributed by atoms with E-state index in [9.17, 15) is 10.2 Å². The van der Waals surface area contributed by atoms with E-state index in [-0.39, 0.29) is 21.5 Å². The van der Waals surface area contributed by atoms with Crippen LogP contribution in [0.1, 0.15) is 5.56 Å². The van der Waals surface area contributed by atoms with Gasteiger partial charge in [-0.1, -0.05) is 46.4 Å². The first-order valence-electron chi connectivity index (χ1n) is 5.36. The molecule has 106 valence electrons. The lowest BCUT2D eigenvalue weighted by molar-refractivity contribution is 0.462. The third-order valence-corrected chi connectivity index (χ3v) is 4.57. The molecule has 0 spiro atoms. The fourth-order valence-electron chi connectivity index (χ4n) is 1.54. The highest BCUT2D eigenvalue weighted by molar-refractivity contribution is 7.98. The quantitative estimate of drug-likeness (QED) is 0.651. The Kier molecular flexibility index (Phi) is 5.21. The van der Waals surface area contributed by atoms with E-state index < -0.39 is 0 Å². The summed E-state index contributed by atoms with van der Waals surface area (Å²) in [7, 11) is 0. The number of phenols is 2. The number of benzene rings is 2. The van der Waals surface area contributed by atoms with E-state index in [1.54, 1.807) is 12.1 Å². The highest BCUT2D eigenvalue weighted by Crippen LogP contribution is 2.41. The summed E-state index contributed by atoms with van der Waals surface area (Å²) in [5, 5.41) is 20.9. The van der Waals surface area contributed by atoms with Crippen LogP contribution >= 0.6 is 58.2 Å². The van der Waals surface area contributed by atoms with Crippen molar-refractivity contribution in [3.63, 3.8) is 0 Å². The van der Waals surface area contributed by atoms with Crippen LogP contribution in [0.15, 0.2) is 29.2 Å². The van der Waals surface area contributed by atoms with Crippen molar-refractivity contribution in [2.45, 2.75) is 10.6 Å². The van der Waals surface area contributed by atoms with Crippen LogP contribution in [0.3, 0.4) is 0 Å². The molecule has 0 aliphatic rings. The Hall–Kier alpha value is -0.450. The van der Waals surface area contributed by atoms with Crippen LogP contribution in [-0.2, 0) is 5.75 Å². The Balaban J connectivity index is 2.26. The van der Waals surface area contributed by atoms with Crippen molar-refractivity contribution in [3.05, 3.63) is 49.9 Å². The second-order valence-electron chi connectivity index (χ2n) is 3.92. The maximum Gasteiger partial charge on any atom is 0.147 e. The van der Waals surface area contributed by atoms with Gasteiger partial charge in [0.15, 0.2) is 0 Å². The van der Waals surface area contributed by atoms with Crippen LogP contribution in [-0.4, -0.2) is 10.2 Å². The van der Waals surface area contributed by atoms with Gasteiger partial charge in [0.1, 0.15) is 11.5 Å². The number of phenolic OH excluding ortho intramolecular Hbond substituents is 2. The number of aromatic hydroxyl groups is 2. The largest absolute Gasteiger partial charge is 0.506 e. The van der Waals surface area contributed by atoms with Gasteiger partial charge < -0.3 is 10.2 Å². The number of hydrogen-bond acceptors (Lipinski definition) is 3. The molecule has 2 N–H and O–H groups in total. The third-order valence-electron chi connectivity index (χ3n) is 2.48. The summed E-state index contributed by atoms with van der Waals surface area (Å²) < 4.78 is 0. The van der Waals surface area contributed by atoms with Crippen molar-refractivity contribution in [1.29, 1.82) is 0 Å². The van der Waals surface area contributed by atoms with E-state index in [0.29, 0.717) is 26.3 Å². The maximum atomic E-state index is 9.86. The Morgan fingerprint density at radius 2 is 1.35 bits per heavy atom. The highest BCUT2D eigenvalue weighted by Gasteiger charge is 2.12. The van der Waals surface area contributed by atoms with Gasteiger partial charge in [-0.05, 0) is 24.3 Å². The minimum atomic E-state index is -0.0475. The van der Waals surface area contributed by atoms with E-state index in [1.165, 1.54) is 23.9 Å². The molecule has 0 radical (unpaired) electrons. The Morgan fingerprint density at radius 3 is 2.00 bits per heavy atom. The topological polar surface area (TPSA) is 40.5 Å². The first-order chi connectivity index (χ1) is 9.38. The van der Waals surface area contributed by atoms with Gasteiger partial charge in [0.2, 0.25) is 0 Å². The zero-order valence-corrected chi connectivity index (χ0v) is 13.7. The SMILES string of the molecule is Oc1c(Cl)cc(Cl)cc1CSc1cc(Cl)cc(Cl)c1O. The molecule has 0 aliphatic heterocycles. The zero-order valence-electron chi connectivity index (χ0n) is 9.83. The molecule has 0 saturated carbocycles. The minimum absolute atomic E-state index is 0.0313. The second kappa shape index (κ2) is 6.54. The second-order valence-corrected chi connectivity index (χ2v) is 6.62. The standard InChI is InChI=1S/C13H8Cl4O2S/c14-7-1-6(12(18)9(16)2-7)5-20-11-4-8(15)3-10(17)13(11)19/h1-4,18-19H,5H2. The summed E-state index contributed by atoms with van der Waals surface area (Å²) in [6, 6.07) is 6.12. The normalized spacial score (nSPS) is 10.8. The predicted octanol–water partition coefficient (Wildman–Crippen LogP) is 6.00. The van der Waals surface area contributed by atoms with Gasteiger partial charge in [0.05, 0.1) is 14.9 Å². The van der Waals surface area contributed by atoms with Crippen LogP contribution in [0.2, 0.25) is 20.1 Å². The summed E-state index contributed by atoms with van der Waals surface area (Å²) in [6.45, 7) is 0. The fourth-order valence-corrected chi connectivity index (χ4v) is 3.67. The molecule has 7 heteroatoms. The molecule has 2 aromatic carbocycles. The smallest absolute Gasteiger partial charge is 0.147 e. The summed E-state index contributed by atoms with van der Waals surface area (Å²) in [5.74, 6) is 0.279. The van der Waals surface area contributed by atoms with E-state index in [0.717, 1.165) is 0 Å². The summed E-state index contributed by atoms with van der Waals surface area (Å²) in [6.07, 6.45) is 0. The molecular weight excluding hydrogens is 362 g/mol. The molecule has 0 aromatic heterocycles. The molecule has 20 heavy (non-hydrogen) atoms. The van der Waals surface area contributed by atoms with Crippen molar-refractivity contribution in [2.24, 2.45) is 0 Å². The van der Waals surface area contributed by atoms with Crippen molar-refractivity contribution in [2.75, 3.05) is 0 Å². The molecule has 0 amide bonds. The van der Waals surface area contributed by atoms with E-state index in [2.05, 4.69) is 0 Å². The summed E-state index contributed by atoms with van der Waals surface area (Å²) in [5.41, 5.74) is 0.558. The van der Waals surface area contributed by atoms with Crippen LogP contribution in [0.5, 0.6) is 11.5 Å². The van der Waals surface area contributed by atoms with Crippen LogP contribution in [0, 0.1) is 0 Å². The van der Waals surface area contributed by atoms with Crippen molar-refractivity contribution in [1.82, 2.24) is 0 Å². The Labute approximate surface area is 140 Å². The number of hydrogen-bond donors (Lipinski definition) is 2. The van der Waals surface area contributed by atoms with Gasteiger partial charge in [-0.3, -0.25) is 0 Å². The Morgan fingerprint density at radius 1 is 0.800 bits per heavy atom. The average Bonchev–Trinajstić information content (AvgIpc) is 2.37. The monoisotopic (exact) mass is 368 g/mol. The Bertz CT molecular complexity index is 604. The molecular formula is C13H8Cl4O2S. The van der Waals surface area contributed by atoms with Gasteiger partial charge in [-0.2, -0.15) is 0 Å². The maximum absolute atomic E-state index is 9.86. The van der Waals surface area contributed by atoms with E-state index >= 15 is 0 Å². The van der Waals surface area contributed by atoms with Gasteiger partial charge in [-0.25, -0.2) is 0 Å². The van der Waals surface area contributed by atoms with Gasteiger partial charge in [-0.15, -0.1) is 11.8 Å². The molecule has 0 unspecified atom stereocenters. The molecule has 0 heterocycles. The first kappa shape index (κ1) is 15.9. The molecule has 0 bridgehead atoms. The first-order valence-corrected chi connectivity index (χ1v) is 7.86. The molecule has 0 fully saturated rings. The minimum Gasteiger partial charge on any atom is -0.506 e.